The Morgan fingerprint density at radius 2 is 2.04 bits per heavy atom. The minimum Gasteiger partial charge on any atom is -0.383 e. The van der Waals surface area contributed by atoms with E-state index in [0.29, 0.717) is 19.7 Å². The fraction of sp³-hybridized carbons (Fsp3) is 0.524. The van der Waals surface area contributed by atoms with Gasteiger partial charge >= 0.3 is 0 Å². The molecule has 0 radical (unpaired) electrons. The molecule has 1 aliphatic carbocycles. The van der Waals surface area contributed by atoms with Crippen molar-refractivity contribution in [3.63, 3.8) is 0 Å². The normalized spacial score (nSPS) is 17.0. The van der Waals surface area contributed by atoms with Gasteiger partial charge in [0.15, 0.2) is 0 Å². The van der Waals surface area contributed by atoms with Crippen molar-refractivity contribution in [3.05, 3.63) is 35.9 Å². The first-order valence-electron chi connectivity index (χ1n) is 9.92. The van der Waals surface area contributed by atoms with Gasteiger partial charge in [-0.15, -0.1) is 0 Å². The molecule has 0 atom stereocenters. The van der Waals surface area contributed by atoms with E-state index in [9.17, 15) is 4.79 Å². The molecule has 7 heteroatoms. The van der Waals surface area contributed by atoms with Crippen LogP contribution in [0.2, 0.25) is 0 Å². The number of aromatic nitrogens is 1. The van der Waals surface area contributed by atoms with Crippen molar-refractivity contribution < 1.29 is 14.1 Å². The Balaban J connectivity index is 1.67. The highest BCUT2D eigenvalue weighted by atomic mass is 32.2. The van der Waals surface area contributed by atoms with Crippen LogP contribution in [0.3, 0.4) is 0 Å². The number of methoxy groups -OCH3 is 1. The fourth-order valence-electron chi connectivity index (χ4n) is 3.53. The number of hydrogen-bond donors (Lipinski definition) is 0. The molecule has 2 aromatic rings. The highest BCUT2D eigenvalue weighted by Crippen LogP contribution is 2.36. The third kappa shape index (κ3) is 4.36. The van der Waals surface area contributed by atoms with Gasteiger partial charge in [-0.05, 0) is 12.8 Å². The Kier molecular flexibility index (Phi) is 6.22. The number of carbonyl (C=O) groups excluding carboxylic acids is 1. The molecule has 1 saturated heterocycles. The predicted molar refractivity (Wildman–Crippen MR) is 111 cm³/mol. The van der Waals surface area contributed by atoms with Crippen molar-refractivity contribution in [1.29, 1.82) is 0 Å². The van der Waals surface area contributed by atoms with E-state index < -0.39 is 0 Å². The van der Waals surface area contributed by atoms with Crippen molar-refractivity contribution in [2.75, 3.05) is 49.8 Å². The highest BCUT2D eigenvalue weighted by Gasteiger charge is 2.35. The lowest BCUT2D eigenvalue weighted by molar-refractivity contribution is -0.133. The molecular weight excluding hydrogens is 374 g/mol. The van der Waals surface area contributed by atoms with Gasteiger partial charge in [0, 0.05) is 49.7 Å². The van der Waals surface area contributed by atoms with Crippen molar-refractivity contribution in [2.24, 2.45) is 5.92 Å². The van der Waals surface area contributed by atoms with Crippen LogP contribution in [0, 0.1) is 5.92 Å². The van der Waals surface area contributed by atoms with Gasteiger partial charge < -0.3 is 19.1 Å². The second kappa shape index (κ2) is 9.01. The molecule has 150 valence electrons. The molecule has 1 aliphatic heterocycles. The van der Waals surface area contributed by atoms with Crippen LogP contribution in [0.25, 0.3) is 11.3 Å². The van der Waals surface area contributed by atoms with Crippen molar-refractivity contribution in [1.82, 2.24) is 10.1 Å². The average molecular weight is 402 g/mol. The summed E-state index contributed by atoms with van der Waals surface area (Å²) in [5.74, 6) is 3.36. The second-order valence-corrected chi connectivity index (χ2v) is 8.53. The standard InChI is InChI=1S/C21H27N3O3S/c1-26-12-9-24(20(25)17-7-8-17)15-18-19(16-5-3-2-4-6-16)22-27-21(18)23-10-13-28-14-11-23/h2-6,17H,7-15H2,1H3. The summed E-state index contributed by atoms with van der Waals surface area (Å²) in [5, 5.41) is 4.42. The number of hydrogen-bond acceptors (Lipinski definition) is 6. The minimum atomic E-state index is 0.173. The molecule has 28 heavy (non-hydrogen) atoms. The molecule has 1 aromatic heterocycles. The molecule has 1 amide bonds. The van der Waals surface area contributed by atoms with E-state index in [1.807, 2.05) is 47.0 Å². The molecule has 0 N–H and O–H groups in total. The molecule has 0 spiro atoms. The summed E-state index contributed by atoms with van der Waals surface area (Å²) in [7, 11) is 1.67. The second-order valence-electron chi connectivity index (χ2n) is 7.31. The van der Waals surface area contributed by atoms with Crippen LogP contribution in [0.5, 0.6) is 0 Å². The number of thioether (sulfide) groups is 1. The zero-order chi connectivity index (χ0) is 19.3. The van der Waals surface area contributed by atoms with Crippen molar-refractivity contribution in [2.45, 2.75) is 19.4 Å². The summed E-state index contributed by atoms with van der Waals surface area (Å²) in [6.07, 6.45) is 1.99. The molecule has 6 nitrogen and oxygen atoms in total. The first-order valence-corrected chi connectivity index (χ1v) is 11.1. The first-order chi connectivity index (χ1) is 13.8. The van der Waals surface area contributed by atoms with E-state index in [2.05, 4.69) is 10.1 Å². The molecular formula is C21H27N3O3S. The van der Waals surface area contributed by atoms with Crippen LogP contribution in [0.1, 0.15) is 18.4 Å². The predicted octanol–water partition coefficient (Wildman–Crippen LogP) is 3.28. The van der Waals surface area contributed by atoms with Crippen LogP contribution >= 0.6 is 11.8 Å². The minimum absolute atomic E-state index is 0.173. The number of rotatable bonds is 8. The Morgan fingerprint density at radius 1 is 1.29 bits per heavy atom. The summed E-state index contributed by atoms with van der Waals surface area (Å²) in [6.45, 7) is 3.50. The van der Waals surface area contributed by atoms with Gasteiger partial charge in [0.2, 0.25) is 11.8 Å². The third-order valence-corrected chi connectivity index (χ3v) is 6.21. The van der Waals surface area contributed by atoms with E-state index in [4.69, 9.17) is 9.26 Å². The highest BCUT2D eigenvalue weighted by molar-refractivity contribution is 7.99. The Hall–Kier alpha value is -1.99. The molecule has 1 aromatic carbocycles. The van der Waals surface area contributed by atoms with Crippen LogP contribution in [0.15, 0.2) is 34.9 Å². The third-order valence-electron chi connectivity index (χ3n) is 5.27. The number of anilines is 1. The number of ether oxygens (including phenoxy) is 1. The summed E-state index contributed by atoms with van der Waals surface area (Å²) in [5.41, 5.74) is 2.85. The maximum atomic E-state index is 12.9. The summed E-state index contributed by atoms with van der Waals surface area (Å²) in [4.78, 5) is 17.1. The Labute approximate surface area is 170 Å². The van der Waals surface area contributed by atoms with E-state index in [-0.39, 0.29) is 11.8 Å². The van der Waals surface area contributed by atoms with Crippen LogP contribution in [-0.2, 0) is 16.1 Å². The van der Waals surface area contributed by atoms with Gasteiger partial charge in [0.1, 0.15) is 5.69 Å². The van der Waals surface area contributed by atoms with Crippen molar-refractivity contribution in [3.8, 4) is 11.3 Å². The van der Waals surface area contributed by atoms with Gasteiger partial charge in [0.05, 0.1) is 18.7 Å². The molecule has 4 rings (SSSR count). The lowest BCUT2D eigenvalue weighted by Gasteiger charge is -2.28. The average Bonchev–Trinajstić information content (AvgIpc) is 3.52. The summed E-state index contributed by atoms with van der Waals surface area (Å²) >= 11 is 1.96. The number of amides is 1. The van der Waals surface area contributed by atoms with Gasteiger partial charge in [-0.25, -0.2) is 0 Å². The van der Waals surface area contributed by atoms with Crippen LogP contribution < -0.4 is 4.90 Å². The number of carbonyl (C=O) groups is 1. The molecule has 2 fully saturated rings. The lowest BCUT2D eigenvalue weighted by Crippen LogP contribution is -2.36. The fourth-order valence-corrected chi connectivity index (χ4v) is 4.43. The Morgan fingerprint density at radius 3 is 2.71 bits per heavy atom. The molecule has 0 unspecified atom stereocenters. The number of benzene rings is 1. The Bertz CT molecular complexity index is 785. The van der Waals surface area contributed by atoms with Crippen molar-refractivity contribution >= 4 is 23.6 Å². The topological polar surface area (TPSA) is 58.8 Å². The van der Waals surface area contributed by atoms with Gasteiger partial charge in [-0.2, -0.15) is 11.8 Å². The summed E-state index contributed by atoms with van der Waals surface area (Å²) in [6, 6.07) is 10.1. The van der Waals surface area contributed by atoms with E-state index in [1.54, 1.807) is 7.11 Å². The van der Waals surface area contributed by atoms with Gasteiger partial charge in [-0.3, -0.25) is 4.79 Å². The SMILES string of the molecule is COCCN(Cc1c(-c2ccccc2)noc1N1CCSCC1)C(=O)C1CC1. The van der Waals surface area contributed by atoms with E-state index in [1.165, 1.54) is 0 Å². The monoisotopic (exact) mass is 401 g/mol. The smallest absolute Gasteiger partial charge is 0.232 e. The molecule has 2 aliphatic rings. The van der Waals surface area contributed by atoms with Crippen LogP contribution in [0.4, 0.5) is 5.88 Å². The van der Waals surface area contributed by atoms with Gasteiger partial charge in [0.25, 0.3) is 0 Å². The maximum Gasteiger partial charge on any atom is 0.232 e. The zero-order valence-corrected chi connectivity index (χ0v) is 17.1. The molecule has 1 saturated carbocycles. The molecule has 2 heterocycles. The van der Waals surface area contributed by atoms with Crippen LogP contribution in [-0.4, -0.2) is 60.8 Å². The maximum absolute atomic E-state index is 12.9. The largest absolute Gasteiger partial charge is 0.383 e. The quantitative estimate of drug-likeness (QED) is 0.677. The lowest BCUT2D eigenvalue weighted by atomic mass is 10.1. The van der Waals surface area contributed by atoms with E-state index in [0.717, 1.165) is 60.1 Å². The van der Waals surface area contributed by atoms with E-state index >= 15 is 0 Å². The van der Waals surface area contributed by atoms with Gasteiger partial charge in [-0.1, -0.05) is 35.5 Å². The number of nitrogens with zero attached hydrogens (tertiary/aromatic N) is 3. The zero-order valence-electron chi connectivity index (χ0n) is 16.3. The summed E-state index contributed by atoms with van der Waals surface area (Å²) < 4.78 is 11.1. The first kappa shape index (κ1) is 19.3. The molecule has 0 bridgehead atoms.